The zero-order chi connectivity index (χ0) is 18.6. The molecule has 0 saturated heterocycles. The molecule has 0 saturated carbocycles. The summed E-state index contributed by atoms with van der Waals surface area (Å²) >= 11 is 0. The molecule has 1 atom stereocenters. The van der Waals surface area contributed by atoms with Crippen molar-refractivity contribution in [3.63, 3.8) is 0 Å². The minimum Gasteiger partial charge on any atom is -0.339 e. The zero-order valence-corrected chi connectivity index (χ0v) is 15.4. The molecule has 2 rings (SSSR count). The number of carbonyl (C=O) groups is 1. The summed E-state index contributed by atoms with van der Waals surface area (Å²) < 4.78 is 36.2. The largest absolute Gasteiger partial charge is 0.339 e. The quantitative estimate of drug-likeness (QED) is 0.791. The van der Waals surface area contributed by atoms with Crippen molar-refractivity contribution in [1.82, 2.24) is 4.90 Å². The molecule has 0 bridgehead atoms. The molecule has 0 aliphatic carbocycles. The molecule has 0 radical (unpaired) electrons. The van der Waals surface area contributed by atoms with E-state index in [1.165, 1.54) is 12.1 Å². The second-order valence-corrected chi connectivity index (χ2v) is 8.17. The Labute approximate surface area is 148 Å². The van der Waals surface area contributed by atoms with E-state index in [1.807, 2.05) is 6.92 Å². The van der Waals surface area contributed by atoms with Crippen LogP contribution in [0.15, 0.2) is 53.4 Å². The van der Waals surface area contributed by atoms with Gasteiger partial charge in [-0.1, -0.05) is 24.3 Å². The Hall–Kier alpha value is -2.21. The summed E-state index contributed by atoms with van der Waals surface area (Å²) in [4.78, 5) is 14.3. The maximum atomic E-state index is 13.2. The van der Waals surface area contributed by atoms with Gasteiger partial charge in [0.2, 0.25) is 5.91 Å². The molecule has 0 N–H and O–H groups in total. The van der Waals surface area contributed by atoms with Crippen LogP contribution in [-0.2, 0) is 21.1 Å². The first-order chi connectivity index (χ1) is 11.7. The normalized spacial score (nSPS) is 12.6. The van der Waals surface area contributed by atoms with Crippen LogP contribution in [-0.4, -0.2) is 32.5 Å². The van der Waals surface area contributed by atoms with Crippen LogP contribution in [0, 0.1) is 5.82 Å². The van der Waals surface area contributed by atoms with Crippen molar-refractivity contribution < 1.29 is 17.6 Å². The number of hydrogen-bond acceptors (Lipinski definition) is 3. The Morgan fingerprint density at radius 1 is 1.16 bits per heavy atom. The van der Waals surface area contributed by atoms with Gasteiger partial charge < -0.3 is 4.90 Å². The van der Waals surface area contributed by atoms with E-state index in [0.717, 1.165) is 17.4 Å². The van der Waals surface area contributed by atoms with Gasteiger partial charge in [-0.05, 0) is 48.7 Å². The maximum absolute atomic E-state index is 13.2. The number of carbonyl (C=O) groups excluding carboxylic acids is 1. The Kier molecular flexibility index (Phi) is 5.95. The fraction of sp³-hybridized carbons (Fsp3) is 0.316. The van der Waals surface area contributed by atoms with Gasteiger partial charge in [0.05, 0.1) is 10.9 Å². The number of amides is 1. The Morgan fingerprint density at radius 3 is 2.36 bits per heavy atom. The predicted octanol–water partition coefficient (Wildman–Crippen LogP) is 3.38. The number of benzene rings is 2. The molecule has 2 aromatic rings. The summed E-state index contributed by atoms with van der Waals surface area (Å²) in [6, 6.07) is 12.6. The Morgan fingerprint density at radius 2 is 1.80 bits per heavy atom. The van der Waals surface area contributed by atoms with E-state index in [1.54, 1.807) is 48.3 Å². The van der Waals surface area contributed by atoms with Gasteiger partial charge in [-0.3, -0.25) is 4.79 Å². The summed E-state index contributed by atoms with van der Waals surface area (Å²) in [5.41, 5.74) is 1.64. The second kappa shape index (κ2) is 7.78. The van der Waals surface area contributed by atoms with E-state index in [0.29, 0.717) is 6.42 Å². The fourth-order valence-corrected chi connectivity index (χ4v) is 3.18. The zero-order valence-electron chi connectivity index (χ0n) is 14.6. The van der Waals surface area contributed by atoms with E-state index in [-0.39, 0.29) is 29.1 Å². The number of hydrogen-bond donors (Lipinski definition) is 0. The van der Waals surface area contributed by atoms with Crippen molar-refractivity contribution >= 4 is 15.7 Å². The lowest BCUT2D eigenvalue weighted by Gasteiger charge is -2.25. The van der Waals surface area contributed by atoms with Gasteiger partial charge in [0.15, 0.2) is 9.84 Å². The van der Waals surface area contributed by atoms with Crippen molar-refractivity contribution in [2.24, 2.45) is 0 Å². The van der Waals surface area contributed by atoms with E-state index in [4.69, 9.17) is 0 Å². The minimum atomic E-state index is -3.24. The third-order valence-corrected chi connectivity index (χ3v) is 5.41. The van der Waals surface area contributed by atoms with Crippen LogP contribution < -0.4 is 0 Å². The van der Waals surface area contributed by atoms with Crippen LogP contribution in [0.4, 0.5) is 4.39 Å². The number of rotatable bonds is 6. The first-order valence-corrected chi connectivity index (χ1v) is 9.88. The smallest absolute Gasteiger partial charge is 0.223 e. The minimum absolute atomic E-state index is 0.0519. The third-order valence-electron chi connectivity index (χ3n) is 4.28. The summed E-state index contributed by atoms with van der Waals surface area (Å²) in [7, 11) is -1.52. The maximum Gasteiger partial charge on any atom is 0.223 e. The highest BCUT2D eigenvalue weighted by molar-refractivity contribution is 7.90. The molecule has 0 aliphatic heterocycles. The summed E-state index contributed by atoms with van der Waals surface area (Å²) in [5, 5.41) is 0. The molecular formula is C19H22FNO3S. The van der Waals surface area contributed by atoms with Crippen molar-refractivity contribution in [3.05, 3.63) is 65.5 Å². The summed E-state index contributed by atoms with van der Waals surface area (Å²) in [6.07, 6.45) is 1.92. The summed E-state index contributed by atoms with van der Waals surface area (Å²) in [5.74, 6) is -0.360. The average molecular weight is 363 g/mol. The first kappa shape index (κ1) is 19.1. The fourth-order valence-electron chi connectivity index (χ4n) is 2.55. The van der Waals surface area contributed by atoms with Gasteiger partial charge in [0.1, 0.15) is 5.82 Å². The lowest BCUT2D eigenvalue weighted by molar-refractivity contribution is -0.131. The average Bonchev–Trinajstić information content (AvgIpc) is 2.58. The number of halogens is 1. The van der Waals surface area contributed by atoms with Crippen molar-refractivity contribution in [1.29, 1.82) is 0 Å². The van der Waals surface area contributed by atoms with Crippen LogP contribution in [0.25, 0.3) is 0 Å². The number of nitrogens with zero attached hydrogens (tertiary/aromatic N) is 1. The number of sulfone groups is 1. The third kappa shape index (κ3) is 5.13. The molecular weight excluding hydrogens is 341 g/mol. The highest BCUT2D eigenvalue weighted by Gasteiger charge is 2.18. The molecule has 0 heterocycles. The van der Waals surface area contributed by atoms with Crippen LogP contribution >= 0.6 is 0 Å². The van der Waals surface area contributed by atoms with Gasteiger partial charge in [0.25, 0.3) is 0 Å². The van der Waals surface area contributed by atoms with Crippen LogP contribution in [0.3, 0.4) is 0 Å². The summed E-state index contributed by atoms with van der Waals surface area (Å²) in [6.45, 7) is 1.88. The first-order valence-electron chi connectivity index (χ1n) is 7.98. The Balaban J connectivity index is 2.01. The molecule has 1 unspecified atom stereocenters. The molecule has 4 nitrogen and oxygen atoms in total. The molecule has 6 heteroatoms. The van der Waals surface area contributed by atoms with Crippen molar-refractivity contribution in [2.75, 3.05) is 13.3 Å². The van der Waals surface area contributed by atoms with E-state index < -0.39 is 9.84 Å². The molecule has 0 aliphatic rings. The molecule has 2 aromatic carbocycles. The van der Waals surface area contributed by atoms with Gasteiger partial charge in [-0.25, -0.2) is 12.8 Å². The molecule has 0 spiro atoms. The van der Waals surface area contributed by atoms with E-state index in [2.05, 4.69) is 0 Å². The van der Waals surface area contributed by atoms with E-state index in [9.17, 15) is 17.6 Å². The monoisotopic (exact) mass is 363 g/mol. The molecule has 0 fully saturated rings. The molecule has 134 valence electrons. The van der Waals surface area contributed by atoms with Crippen molar-refractivity contribution in [3.8, 4) is 0 Å². The Bertz CT molecular complexity index is 847. The van der Waals surface area contributed by atoms with Crippen LogP contribution in [0.1, 0.15) is 30.5 Å². The van der Waals surface area contributed by atoms with Crippen LogP contribution in [0.5, 0.6) is 0 Å². The standard InChI is InChI=1S/C19H22FNO3S/c1-14(16-8-10-18(11-9-16)25(3,23)24)21(2)19(22)12-7-15-5-4-6-17(20)13-15/h4-6,8-11,13-14H,7,12H2,1-3H3. The second-order valence-electron chi connectivity index (χ2n) is 6.15. The number of aryl methyl sites for hydroxylation is 1. The molecule has 25 heavy (non-hydrogen) atoms. The van der Waals surface area contributed by atoms with Gasteiger partial charge >= 0.3 is 0 Å². The highest BCUT2D eigenvalue weighted by atomic mass is 32.2. The molecule has 1 amide bonds. The lowest BCUT2D eigenvalue weighted by atomic mass is 10.1. The molecule has 0 aromatic heterocycles. The topological polar surface area (TPSA) is 54.5 Å². The van der Waals surface area contributed by atoms with Gasteiger partial charge in [0, 0.05) is 19.7 Å². The predicted molar refractivity (Wildman–Crippen MR) is 95.5 cm³/mol. The van der Waals surface area contributed by atoms with E-state index >= 15 is 0 Å². The van der Waals surface area contributed by atoms with Gasteiger partial charge in [-0.15, -0.1) is 0 Å². The van der Waals surface area contributed by atoms with Crippen molar-refractivity contribution in [2.45, 2.75) is 30.7 Å². The SMILES string of the molecule is CC(c1ccc(S(C)(=O)=O)cc1)N(C)C(=O)CCc1cccc(F)c1. The lowest BCUT2D eigenvalue weighted by Crippen LogP contribution is -2.29. The van der Waals surface area contributed by atoms with Crippen LogP contribution in [0.2, 0.25) is 0 Å². The highest BCUT2D eigenvalue weighted by Crippen LogP contribution is 2.21. The van der Waals surface area contributed by atoms with Gasteiger partial charge in [-0.2, -0.15) is 0 Å².